The molecule has 0 heterocycles. The van der Waals surface area contributed by atoms with Crippen LogP contribution in [0.1, 0.15) is 51.0 Å². The van der Waals surface area contributed by atoms with Gasteiger partial charge in [0.05, 0.1) is 163 Å². The van der Waals surface area contributed by atoms with Crippen molar-refractivity contribution in [1.82, 2.24) is 0 Å². The van der Waals surface area contributed by atoms with E-state index in [0.29, 0.717) is 145 Å². The second-order valence-electron chi connectivity index (χ2n) is 12.2. The largest absolute Gasteiger partial charge is 0.379 e. The van der Waals surface area contributed by atoms with Gasteiger partial charge in [-0.25, -0.2) is 0 Å². The topological polar surface area (TPSA) is 154 Å². The monoisotopic (exact) mass is 812 g/mol. The molecule has 0 spiro atoms. The van der Waals surface area contributed by atoms with Crippen LogP contribution in [0, 0.1) is 6.92 Å². The van der Waals surface area contributed by atoms with Crippen LogP contribution < -0.4 is 0 Å². The third-order valence-corrected chi connectivity index (χ3v) is 8.84. The Morgan fingerprint density at radius 3 is 0.909 bits per heavy atom. The van der Waals surface area contributed by atoms with E-state index in [2.05, 4.69) is 6.92 Å². The molecular formula is C39H72O15S. The Bertz CT molecular complexity index is 1020. The van der Waals surface area contributed by atoms with E-state index in [1.165, 1.54) is 44.2 Å². The van der Waals surface area contributed by atoms with Crippen molar-refractivity contribution in [3.05, 3.63) is 29.8 Å². The van der Waals surface area contributed by atoms with Gasteiger partial charge in [-0.05, 0) is 25.5 Å². The lowest BCUT2D eigenvalue weighted by Crippen LogP contribution is -2.16. The second-order valence-corrected chi connectivity index (χ2v) is 13.8. The first-order valence-corrected chi connectivity index (χ1v) is 21.4. The van der Waals surface area contributed by atoms with Gasteiger partial charge in [-0.15, -0.1) is 0 Å². The Morgan fingerprint density at radius 2 is 0.600 bits per heavy atom. The van der Waals surface area contributed by atoms with Crippen LogP contribution in [0.4, 0.5) is 0 Å². The summed E-state index contributed by atoms with van der Waals surface area (Å²) < 4.78 is 95.0. The Kier molecular flexibility index (Phi) is 38.4. The SMILES string of the molecule is CCCCCCCCOCCOCCOCCOCCOCCOCCOCCOCCOCCOCCOCCOCCOS(=O)(=O)c1ccc(C)cc1. The summed E-state index contributed by atoms with van der Waals surface area (Å²) in [6, 6.07) is 6.49. The van der Waals surface area contributed by atoms with Crippen LogP contribution >= 0.6 is 0 Å². The summed E-state index contributed by atoms with van der Waals surface area (Å²) in [6.45, 7) is 15.8. The summed E-state index contributed by atoms with van der Waals surface area (Å²) in [4.78, 5) is 0.128. The minimum absolute atomic E-state index is 0.0601. The highest BCUT2D eigenvalue weighted by atomic mass is 32.2. The Morgan fingerprint density at radius 1 is 0.345 bits per heavy atom. The molecule has 0 aromatic heterocycles. The number of benzene rings is 1. The van der Waals surface area contributed by atoms with Gasteiger partial charge in [-0.3, -0.25) is 4.18 Å². The molecule has 0 bridgehead atoms. The molecule has 1 rings (SSSR count). The van der Waals surface area contributed by atoms with Gasteiger partial charge in [0.25, 0.3) is 10.1 Å². The first kappa shape index (κ1) is 51.7. The average Bonchev–Trinajstić information content (AvgIpc) is 3.18. The summed E-state index contributed by atoms with van der Waals surface area (Å²) >= 11 is 0. The van der Waals surface area contributed by atoms with Gasteiger partial charge in [0.15, 0.2) is 0 Å². The molecule has 0 fully saturated rings. The fourth-order valence-electron chi connectivity index (χ4n) is 4.48. The van der Waals surface area contributed by atoms with Gasteiger partial charge < -0.3 is 56.8 Å². The van der Waals surface area contributed by atoms with Crippen molar-refractivity contribution in [3.63, 3.8) is 0 Å². The molecule has 55 heavy (non-hydrogen) atoms. The van der Waals surface area contributed by atoms with E-state index in [0.717, 1.165) is 18.6 Å². The van der Waals surface area contributed by atoms with E-state index in [1.54, 1.807) is 12.1 Å². The molecule has 0 atom stereocenters. The fraction of sp³-hybridized carbons (Fsp3) is 0.846. The van der Waals surface area contributed by atoms with Crippen molar-refractivity contribution >= 4 is 10.1 Å². The van der Waals surface area contributed by atoms with E-state index >= 15 is 0 Å². The van der Waals surface area contributed by atoms with Gasteiger partial charge in [-0.2, -0.15) is 8.42 Å². The van der Waals surface area contributed by atoms with Gasteiger partial charge in [0, 0.05) is 6.61 Å². The van der Waals surface area contributed by atoms with Crippen molar-refractivity contribution in [2.45, 2.75) is 57.3 Å². The summed E-state index contributed by atoms with van der Waals surface area (Å²) in [6.07, 6.45) is 7.64. The van der Waals surface area contributed by atoms with Crippen LogP contribution in [0.5, 0.6) is 0 Å². The van der Waals surface area contributed by atoms with Crippen LogP contribution in [0.2, 0.25) is 0 Å². The zero-order chi connectivity index (χ0) is 39.6. The molecule has 0 radical (unpaired) electrons. The van der Waals surface area contributed by atoms with E-state index in [-0.39, 0.29) is 18.1 Å². The van der Waals surface area contributed by atoms with E-state index in [9.17, 15) is 8.42 Å². The Labute approximate surface area is 331 Å². The van der Waals surface area contributed by atoms with Gasteiger partial charge >= 0.3 is 0 Å². The number of unbranched alkanes of at least 4 members (excludes halogenated alkanes) is 5. The van der Waals surface area contributed by atoms with Crippen LogP contribution in [0.3, 0.4) is 0 Å². The molecule has 0 saturated carbocycles. The molecule has 1 aromatic carbocycles. The van der Waals surface area contributed by atoms with Crippen LogP contribution in [-0.4, -0.2) is 174 Å². The Hall–Kier alpha value is -1.35. The summed E-state index contributed by atoms with van der Waals surface area (Å²) in [5.41, 5.74) is 0.975. The molecule has 0 saturated heterocycles. The highest BCUT2D eigenvalue weighted by molar-refractivity contribution is 7.86. The van der Waals surface area contributed by atoms with E-state index in [1.807, 2.05) is 6.92 Å². The molecular weight excluding hydrogens is 740 g/mol. The van der Waals surface area contributed by atoms with Crippen molar-refractivity contribution in [3.8, 4) is 0 Å². The average molecular weight is 813 g/mol. The maximum Gasteiger partial charge on any atom is 0.297 e. The molecule has 0 aliphatic carbocycles. The minimum atomic E-state index is -3.78. The number of ether oxygens (including phenoxy) is 12. The lowest BCUT2D eigenvalue weighted by Gasteiger charge is -2.09. The van der Waals surface area contributed by atoms with Crippen molar-refractivity contribution in [2.24, 2.45) is 0 Å². The van der Waals surface area contributed by atoms with Gasteiger partial charge in [-0.1, -0.05) is 56.7 Å². The summed E-state index contributed by atoms with van der Waals surface area (Å²) in [5.74, 6) is 0. The molecule has 0 N–H and O–H groups in total. The molecule has 15 nitrogen and oxygen atoms in total. The highest BCUT2D eigenvalue weighted by Crippen LogP contribution is 2.13. The molecule has 324 valence electrons. The van der Waals surface area contributed by atoms with Gasteiger partial charge in [0.1, 0.15) is 0 Å². The third-order valence-electron chi connectivity index (χ3n) is 7.51. The molecule has 0 aliphatic heterocycles. The molecule has 1 aromatic rings. The lowest BCUT2D eigenvalue weighted by molar-refractivity contribution is -0.0285. The normalized spacial score (nSPS) is 11.9. The number of hydrogen-bond acceptors (Lipinski definition) is 15. The fourth-order valence-corrected chi connectivity index (χ4v) is 5.37. The highest BCUT2D eigenvalue weighted by Gasteiger charge is 2.14. The quantitative estimate of drug-likeness (QED) is 0.0680. The van der Waals surface area contributed by atoms with E-state index < -0.39 is 10.1 Å². The second kappa shape index (κ2) is 40.8. The van der Waals surface area contributed by atoms with Crippen LogP contribution in [-0.2, 0) is 71.1 Å². The van der Waals surface area contributed by atoms with Crippen LogP contribution in [0.15, 0.2) is 29.2 Å². The van der Waals surface area contributed by atoms with Crippen LogP contribution in [0.25, 0.3) is 0 Å². The number of rotatable bonds is 45. The zero-order valence-electron chi connectivity index (χ0n) is 33.8. The standard InChI is InChI=1S/C39H72O15S/c1-3-4-5-6-7-8-13-42-14-15-43-16-17-44-18-19-45-20-21-46-22-23-47-24-25-48-26-27-49-28-29-50-30-31-51-32-33-52-34-35-53-36-37-54-55(40,41)39-11-9-38(2)10-12-39/h9-12H,3-8,13-37H2,1-2H3. The summed E-state index contributed by atoms with van der Waals surface area (Å²) in [7, 11) is -3.78. The predicted molar refractivity (Wildman–Crippen MR) is 208 cm³/mol. The minimum Gasteiger partial charge on any atom is -0.379 e. The molecule has 16 heteroatoms. The van der Waals surface area contributed by atoms with Crippen molar-refractivity contribution in [1.29, 1.82) is 0 Å². The third kappa shape index (κ3) is 36.7. The first-order chi connectivity index (χ1) is 27.1. The van der Waals surface area contributed by atoms with Gasteiger partial charge in [0.2, 0.25) is 0 Å². The number of aryl methyl sites for hydroxylation is 1. The van der Waals surface area contributed by atoms with Crippen molar-refractivity contribution < 1.29 is 69.4 Å². The maximum absolute atomic E-state index is 12.1. The Balaban J connectivity index is 1.65. The van der Waals surface area contributed by atoms with E-state index in [4.69, 9.17) is 61.0 Å². The zero-order valence-corrected chi connectivity index (χ0v) is 34.6. The smallest absolute Gasteiger partial charge is 0.297 e. The maximum atomic E-state index is 12.1. The predicted octanol–water partition coefficient (Wildman–Crippen LogP) is 4.26. The number of hydrogen-bond donors (Lipinski definition) is 0. The molecule has 0 unspecified atom stereocenters. The summed E-state index contributed by atoms with van der Waals surface area (Å²) in [5, 5.41) is 0. The molecule has 0 aliphatic rings. The first-order valence-electron chi connectivity index (χ1n) is 19.9. The lowest BCUT2D eigenvalue weighted by atomic mass is 10.1. The molecule has 0 amide bonds. The van der Waals surface area contributed by atoms with Crippen molar-refractivity contribution in [2.75, 3.05) is 165 Å².